The minimum absolute atomic E-state index is 0.178. The Hall–Kier alpha value is -2.46. The second-order valence-corrected chi connectivity index (χ2v) is 10.1. The van der Waals surface area contributed by atoms with Crippen molar-refractivity contribution in [2.24, 2.45) is 5.92 Å². The number of ether oxygens (including phenoxy) is 2. The van der Waals surface area contributed by atoms with Gasteiger partial charge >= 0.3 is 0 Å². The van der Waals surface area contributed by atoms with Crippen molar-refractivity contribution in [2.75, 3.05) is 13.7 Å². The minimum Gasteiger partial charge on any atom is -0.493 e. The van der Waals surface area contributed by atoms with Crippen LogP contribution in [0.4, 0.5) is 0 Å². The molecule has 0 aliphatic rings. The van der Waals surface area contributed by atoms with E-state index in [0.29, 0.717) is 47.0 Å². The monoisotopic (exact) mass is 451 g/mol. The van der Waals surface area contributed by atoms with Crippen LogP contribution >= 0.6 is 11.3 Å². The van der Waals surface area contributed by atoms with E-state index >= 15 is 0 Å². The molecule has 2 heterocycles. The number of aromatic nitrogens is 3. The summed E-state index contributed by atoms with van der Waals surface area (Å²) >= 11 is 1.38. The average Bonchev–Trinajstić information content (AvgIpc) is 3.30. The van der Waals surface area contributed by atoms with Crippen molar-refractivity contribution in [1.29, 1.82) is 0 Å². The van der Waals surface area contributed by atoms with E-state index in [1.807, 2.05) is 39.0 Å². The van der Waals surface area contributed by atoms with Gasteiger partial charge in [-0.25, -0.2) is 13.4 Å². The molecule has 1 aromatic carbocycles. The summed E-state index contributed by atoms with van der Waals surface area (Å²) in [6.45, 7) is 6.50. The molecule has 0 unspecified atom stereocenters. The third kappa shape index (κ3) is 5.79. The molecule has 0 saturated carbocycles. The predicted molar refractivity (Wildman–Crippen MR) is 114 cm³/mol. The summed E-state index contributed by atoms with van der Waals surface area (Å²) in [7, 11) is -1.91. The van der Waals surface area contributed by atoms with E-state index in [-0.39, 0.29) is 17.3 Å². The van der Waals surface area contributed by atoms with Gasteiger partial charge in [0, 0.05) is 17.4 Å². The number of hydrogen-bond acceptors (Lipinski definition) is 9. The Labute approximate surface area is 180 Å². The molecule has 0 N–H and O–H groups in total. The van der Waals surface area contributed by atoms with Crippen LogP contribution in [-0.4, -0.2) is 37.3 Å². The Balaban J connectivity index is 1.70. The molecule has 0 spiro atoms. The molecule has 162 valence electrons. The molecule has 0 aliphatic heterocycles. The van der Waals surface area contributed by atoms with E-state index in [1.165, 1.54) is 11.3 Å². The first-order valence-corrected chi connectivity index (χ1v) is 12.3. The van der Waals surface area contributed by atoms with Crippen molar-refractivity contribution in [2.45, 2.75) is 38.7 Å². The fourth-order valence-electron chi connectivity index (χ4n) is 2.84. The first kappa shape index (κ1) is 22.2. The van der Waals surface area contributed by atoms with Gasteiger partial charge in [0.25, 0.3) is 0 Å². The van der Waals surface area contributed by atoms with Crippen LogP contribution in [0.25, 0.3) is 10.6 Å². The van der Waals surface area contributed by atoms with Crippen molar-refractivity contribution < 1.29 is 22.4 Å². The molecular formula is C20H25N3O5S2. The van der Waals surface area contributed by atoms with E-state index in [0.717, 1.165) is 5.56 Å². The van der Waals surface area contributed by atoms with Gasteiger partial charge in [-0.3, -0.25) is 0 Å². The van der Waals surface area contributed by atoms with E-state index in [9.17, 15) is 8.42 Å². The predicted octanol–water partition coefficient (Wildman–Crippen LogP) is 3.91. The first-order valence-electron chi connectivity index (χ1n) is 9.57. The first-order chi connectivity index (χ1) is 14.3. The lowest BCUT2D eigenvalue weighted by atomic mass is 10.1. The number of thiazole rings is 1. The zero-order valence-corrected chi connectivity index (χ0v) is 19.0. The van der Waals surface area contributed by atoms with E-state index < -0.39 is 9.84 Å². The van der Waals surface area contributed by atoms with Gasteiger partial charge in [-0.2, -0.15) is 4.98 Å². The van der Waals surface area contributed by atoms with E-state index in [2.05, 4.69) is 15.1 Å². The molecule has 10 heteroatoms. The summed E-state index contributed by atoms with van der Waals surface area (Å²) in [6.07, 6.45) is 0.619. The normalized spacial score (nSPS) is 11.8. The maximum absolute atomic E-state index is 12.6. The largest absolute Gasteiger partial charge is 0.493 e. The number of nitrogens with zero attached hydrogens (tertiary/aromatic N) is 3. The SMILES string of the molecule is CCOc1ccc(-c2nc(CS(=O)(=O)Cc3noc(CC(C)C)n3)cs2)cc1OC. The van der Waals surface area contributed by atoms with E-state index in [1.54, 1.807) is 12.5 Å². The average molecular weight is 452 g/mol. The molecule has 0 amide bonds. The summed E-state index contributed by atoms with van der Waals surface area (Å²) in [6, 6.07) is 5.53. The lowest BCUT2D eigenvalue weighted by Crippen LogP contribution is -2.09. The molecule has 3 rings (SSSR count). The number of benzene rings is 1. The molecule has 0 bridgehead atoms. The summed E-state index contributed by atoms with van der Waals surface area (Å²) < 4.78 is 41.2. The molecule has 0 saturated heterocycles. The summed E-state index contributed by atoms with van der Waals surface area (Å²) in [5.74, 6) is 1.77. The number of methoxy groups -OCH3 is 1. The highest BCUT2D eigenvalue weighted by Crippen LogP contribution is 2.34. The third-order valence-corrected chi connectivity index (χ3v) is 6.45. The van der Waals surface area contributed by atoms with Gasteiger partial charge in [-0.1, -0.05) is 19.0 Å². The lowest BCUT2D eigenvalue weighted by molar-refractivity contribution is 0.311. The van der Waals surface area contributed by atoms with Crippen molar-refractivity contribution in [3.8, 4) is 22.1 Å². The van der Waals surface area contributed by atoms with E-state index in [4.69, 9.17) is 14.0 Å². The highest BCUT2D eigenvalue weighted by Gasteiger charge is 2.20. The Morgan fingerprint density at radius 2 is 1.97 bits per heavy atom. The molecular weight excluding hydrogens is 426 g/mol. The van der Waals surface area contributed by atoms with Crippen LogP contribution in [0.5, 0.6) is 11.5 Å². The van der Waals surface area contributed by atoms with Crippen LogP contribution in [0, 0.1) is 5.92 Å². The van der Waals surface area contributed by atoms with Gasteiger partial charge in [0.15, 0.2) is 27.2 Å². The third-order valence-electron chi connectivity index (χ3n) is 4.07. The Bertz CT molecular complexity index is 1090. The van der Waals surface area contributed by atoms with Crippen LogP contribution in [0.3, 0.4) is 0 Å². The van der Waals surface area contributed by atoms with Crippen molar-refractivity contribution in [3.63, 3.8) is 0 Å². The van der Waals surface area contributed by atoms with Crippen molar-refractivity contribution in [1.82, 2.24) is 15.1 Å². The minimum atomic E-state index is -3.48. The highest BCUT2D eigenvalue weighted by molar-refractivity contribution is 7.89. The molecule has 0 fully saturated rings. The number of hydrogen-bond donors (Lipinski definition) is 0. The van der Waals surface area contributed by atoms with Crippen LogP contribution in [0.2, 0.25) is 0 Å². The molecule has 30 heavy (non-hydrogen) atoms. The number of rotatable bonds is 10. The molecule has 0 atom stereocenters. The Morgan fingerprint density at radius 3 is 2.67 bits per heavy atom. The summed E-state index contributed by atoms with van der Waals surface area (Å²) in [5.41, 5.74) is 1.31. The summed E-state index contributed by atoms with van der Waals surface area (Å²) in [4.78, 5) is 8.65. The number of sulfone groups is 1. The van der Waals surface area contributed by atoms with Crippen LogP contribution < -0.4 is 9.47 Å². The fourth-order valence-corrected chi connectivity index (χ4v) is 4.97. The zero-order chi connectivity index (χ0) is 21.7. The second-order valence-electron chi connectivity index (χ2n) is 7.18. The van der Waals surface area contributed by atoms with Crippen LogP contribution in [-0.2, 0) is 27.8 Å². The van der Waals surface area contributed by atoms with Crippen molar-refractivity contribution >= 4 is 21.2 Å². The molecule has 8 nitrogen and oxygen atoms in total. The highest BCUT2D eigenvalue weighted by atomic mass is 32.2. The molecule has 0 radical (unpaired) electrons. The van der Waals surface area contributed by atoms with Crippen molar-refractivity contribution in [3.05, 3.63) is 41.0 Å². The Kier molecular flexibility index (Phi) is 7.09. The van der Waals surface area contributed by atoms with Gasteiger partial charge in [0.1, 0.15) is 10.8 Å². The van der Waals surface area contributed by atoms with Gasteiger partial charge in [-0.15, -0.1) is 11.3 Å². The molecule has 3 aromatic rings. The Morgan fingerprint density at radius 1 is 1.17 bits per heavy atom. The zero-order valence-electron chi connectivity index (χ0n) is 17.4. The quantitative estimate of drug-likeness (QED) is 0.457. The van der Waals surface area contributed by atoms with Gasteiger partial charge < -0.3 is 14.0 Å². The van der Waals surface area contributed by atoms with Gasteiger partial charge in [0.05, 0.1) is 25.2 Å². The van der Waals surface area contributed by atoms with Gasteiger partial charge in [-0.05, 0) is 31.0 Å². The lowest BCUT2D eigenvalue weighted by Gasteiger charge is -2.09. The maximum atomic E-state index is 12.6. The smallest absolute Gasteiger partial charge is 0.226 e. The van der Waals surface area contributed by atoms with Crippen LogP contribution in [0.1, 0.15) is 38.2 Å². The fraction of sp³-hybridized carbons (Fsp3) is 0.450. The topological polar surface area (TPSA) is 104 Å². The maximum Gasteiger partial charge on any atom is 0.226 e. The summed E-state index contributed by atoms with van der Waals surface area (Å²) in [5, 5.41) is 6.24. The van der Waals surface area contributed by atoms with Crippen LogP contribution in [0.15, 0.2) is 28.1 Å². The molecule has 0 aliphatic carbocycles. The second kappa shape index (κ2) is 9.57. The van der Waals surface area contributed by atoms with Gasteiger partial charge in [0.2, 0.25) is 5.89 Å². The standard InChI is InChI=1S/C20H25N3O5S2/c1-5-27-16-7-6-14(9-17(16)26-4)20-21-15(10-29-20)11-30(24,25)12-18-22-19(28-23-18)8-13(2)3/h6-7,9-10,13H,5,8,11-12H2,1-4H3. The molecule has 2 aromatic heterocycles.